The molecular weight excluding hydrogens is 319 g/mol. The highest BCUT2D eigenvalue weighted by molar-refractivity contribution is 14.1. The van der Waals surface area contributed by atoms with Gasteiger partial charge in [-0.3, -0.25) is 0 Å². The quantitative estimate of drug-likeness (QED) is 0.603. The molecule has 0 fully saturated rings. The van der Waals surface area contributed by atoms with Crippen molar-refractivity contribution >= 4 is 44.5 Å². The zero-order valence-electron chi connectivity index (χ0n) is 7.85. The lowest BCUT2D eigenvalue weighted by Crippen LogP contribution is -1.73. The highest BCUT2D eigenvalue weighted by atomic mass is 127. The summed E-state index contributed by atoms with van der Waals surface area (Å²) in [7, 11) is -0.343. The molecule has 3 heteroatoms. The molecule has 0 spiro atoms. The molecule has 0 radical (unpaired) electrons. The van der Waals surface area contributed by atoms with Crippen LogP contribution in [0.2, 0.25) is 0 Å². The molecule has 2 aromatic rings. The Morgan fingerprint density at radius 3 is 2.53 bits per heavy atom. The van der Waals surface area contributed by atoms with E-state index in [1.807, 2.05) is 12.1 Å². The minimum Gasteiger partial charge on any atom is -0.450 e. The Morgan fingerprint density at radius 1 is 1.07 bits per heavy atom. The molecule has 0 saturated carbocycles. The molecule has 1 aromatic heterocycles. The number of fused-ring (bicyclic) bond motifs is 1. The SMILES string of the molecule is Ic1c([SH]2C=CC=C2)oc2ccccc12. The van der Waals surface area contributed by atoms with E-state index in [-0.39, 0.29) is 10.9 Å². The lowest BCUT2D eigenvalue weighted by molar-refractivity contribution is 0.510. The van der Waals surface area contributed by atoms with E-state index in [4.69, 9.17) is 4.42 Å². The molecule has 1 aliphatic heterocycles. The zero-order chi connectivity index (χ0) is 10.3. The smallest absolute Gasteiger partial charge is 0.162 e. The van der Waals surface area contributed by atoms with Gasteiger partial charge in [0.15, 0.2) is 5.09 Å². The first-order valence-electron chi connectivity index (χ1n) is 4.66. The van der Waals surface area contributed by atoms with Gasteiger partial charge in [0.2, 0.25) is 0 Å². The molecule has 0 aliphatic carbocycles. The van der Waals surface area contributed by atoms with Crippen LogP contribution in [0.3, 0.4) is 0 Å². The molecule has 0 N–H and O–H groups in total. The zero-order valence-corrected chi connectivity index (χ0v) is 10.9. The Bertz CT molecular complexity index is 556. The number of hydrogen-bond donors (Lipinski definition) is 1. The first-order valence-corrected chi connectivity index (χ1v) is 7.22. The van der Waals surface area contributed by atoms with E-state index in [1.54, 1.807) is 0 Å². The molecule has 0 amide bonds. The second kappa shape index (κ2) is 3.72. The first-order chi connectivity index (χ1) is 7.36. The molecule has 3 rings (SSSR count). The van der Waals surface area contributed by atoms with Gasteiger partial charge in [-0.1, -0.05) is 30.4 Å². The summed E-state index contributed by atoms with van der Waals surface area (Å²) in [5.41, 5.74) is 0.994. The van der Waals surface area contributed by atoms with Gasteiger partial charge in [-0.25, -0.2) is 0 Å². The molecular formula is C12H9IOS. The van der Waals surface area contributed by atoms with Gasteiger partial charge in [0.05, 0.1) is 3.57 Å². The molecule has 0 saturated heterocycles. The Labute approximate surface area is 104 Å². The topological polar surface area (TPSA) is 13.1 Å². The van der Waals surface area contributed by atoms with Crippen LogP contribution >= 0.6 is 33.5 Å². The highest BCUT2D eigenvalue weighted by Crippen LogP contribution is 2.47. The van der Waals surface area contributed by atoms with Gasteiger partial charge in [0.1, 0.15) is 5.58 Å². The van der Waals surface area contributed by atoms with E-state index in [0.717, 1.165) is 10.7 Å². The standard InChI is InChI=1S/C12H9IOS/c13-11-9-5-1-2-6-10(9)14-12(11)15-7-3-4-8-15/h1-8,15H. The molecule has 1 nitrogen and oxygen atoms in total. The third kappa shape index (κ3) is 1.54. The van der Waals surface area contributed by atoms with Crippen molar-refractivity contribution in [3.05, 3.63) is 50.8 Å². The average Bonchev–Trinajstić information content (AvgIpc) is 2.87. The van der Waals surface area contributed by atoms with E-state index in [1.165, 1.54) is 8.96 Å². The van der Waals surface area contributed by atoms with Gasteiger partial charge < -0.3 is 4.42 Å². The Hall–Kier alpha value is -0.680. The van der Waals surface area contributed by atoms with Crippen LogP contribution in [0.25, 0.3) is 11.0 Å². The van der Waals surface area contributed by atoms with E-state index >= 15 is 0 Å². The number of thiol groups is 1. The number of hydrogen-bond acceptors (Lipinski definition) is 1. The van der Waals surface area contributed by atoms with Crippen molar-refractivity contribution in [3.63, 3.8) is 0 Å². The number of halogens is 1. The van der Waals surface area contributed by atoms with Crippen LogP contribution in [-0.2, 0) is 0 Å². The summed E-state index contributed by atoms with van der Waals surface area (Å²) in [4.78, 5) is 0. The normalized spacial score (nSPS) is 16.7. The molecule has 0 bridgehead atoms. The summed E-state index contributed by atoms with van der Waals surface area (Å²) >= 11 is 2.38. The summed E-state index contributed by atoms with van der Waals surface area (Å²) in [5, 5.41) is 6.78. The van der Waals surface area contributed by atoms with E-state index in [0.29, 0.717) is 0 Å². The number of allylic oxidation sites excluding steroid dienone is 2. The van der Waals surface area contributed by atoms with Crippen LogP contribution in [0.1, 0.15) is 0 Å². The fraction of sp³-hybridized carbons (Fsp3) is 0. The van der Waals surface area contributed by atoms with Crippen LogP contribution in [0, 0.1) is 3.57 Å². The summed E-state index contributed by atoms with van der Waals surface area (Å²) in [6, 6.07) is 8.21. The van der Waals surface area contributed by atoms with Crippen molar-refractivity contribution < 1.29 is 4.42 Å². The second-order valence-electron chi connectivity index (χ2n) is 3.31. The van der Waals surface area contributed by atoms with Crippen LogP contribution in [0.15, 0.2) is 56.7 Å². The summed E-state index contributed by atoms with van der Waals surface area (Å²) in [6.45, 7) is 0. The van der Waals surface area contributed by atoms with E-state index in [9.17, 15) is 0 Å². The maximum atomic E-state index is 5.90. The summed E-state index contributed by atoms with van der Waals surface area (Å²) < 4.78 is 7.16. The molecule has 0 unspecified atom stereocenters. The van der Waals surface area contributed by atoms with Crippen molar-refractivity contribution in [1.82, 2.24) is 0 Å². The van der Waals surface area contributed by atoms with Gasteiger partial charge >= 0.3 is 0 Å². The van der Waals surface area contributed by atoms with Gasteiger partial charge in [-0.05, 0) is 39.5 Å². The lowest BCUT2D eigenvalue weighted by atomic mass is 10.3. The van der Waals surface area contributed by atoms with Crippen LogP contribution in [0.5, 0.6) is 0 Å². The minimum atomic E-state index is -0.343. The largest absolute Gasteiger partial charge is 0.450 e. The fourth-order valence-electron chi connectivity index (χ4n) is 1.64. The molecule has 76 valence electrons. The Kier molecular flexibility index (Phi) is 2.36. The third-order valence-electron chi connectivity index (χ3n) is 2.36. The average molecular weight is 328 g/mol. The van der Waals surface area contributed by atoms with Crippen molar-refractivity contribution in [2.75, 3.05) is 0 Å². The molecule has 1 aliphatic rings. The van der Waals surface area contributed by atoms with Gasteiger partial charge in [-0.15, -0.1) is 0 Å². The fourth-order valence-corrected chi connectivity index (χ4v) is 4.52. The first kappa shape index (κ1) is 9.54. The molecule has 1 aromatic carbocycles. The van der Waals surface area contributed by atoms with Gasteiger partial charge in [0, 0.05) is 5.39 Å². The van der Waals surface area contributed by atoms with Gasteiger partial charge in [-0.2, -0.15) is 10.9 Å². The van der Waals surface area contributed by atoms with Crippen molar-refractivity contribution in [2.24, 2.45) is 0 Å². The molecule has 15 heavy (non-hydrogen) atoms. The second-order valence-corrected chi connectivity index (χ2v) is 6.20. The maximum absolute atomic E-state index is 5.90. The van der Waals surface area contributed by atoms with E-state index < -0.39 is 0 Å². The summed E-state index contributed by atoms with van der Waals surface area (Å²) in [5.74, 6) is 0. The van der Waals surface area contributed by atoms with Crippen molar-refractivity contribution in [2.45, 2.75) is 5.09 Å². The summed E-state index contributed by atoms with van der Waals surface area (Å²) in [6.07, 6.45) is 4.18. The predicted molar refractivity (Wildman–Crippen MR) is 74.5 cm³/mol. The van der Waals surface area contributed by atoms with Crippen LogP contribution < -0.4 is 0 Å². The predicted octanol–water partition coefficient (Wildman–Crippen LogP) is 4.44. The molecule has 0 atom stereocenters. The number of rotatable bonds is 1. The molecule has 2 heterocycles. The Morgan fingerprint density at radius 2 is 1.80 bits per heavy atom. The third-order valence-corrected chi connectivity index (χ3v) is 5.63. The minimum absolute atomic E-state index is 0.343. The van der Waals surface area contributed by atoms with E-state index in [2.05, 4.69) is 57.7 Å². The lowest BCUT2D eigenvalue weighted by Gasteiger charge is -2.05. The van der Waals surface area contributed by atoms with Gasteiger partial charge in [0.25, 0.3) is 0 Å². The number of furan rings is 1. The van der Waals surface area contributed by atoms with Crippen molar-refractivity contribution in [1.29, 1.82) is 0 Å². The Balaban J connectivity index is 2.23. The monoisotopic (exact) mass is 328 g/mol. The maximum Gasteiger partial charge on any atom is 0.162 e. The van der Waals surface area contributed by atoms with Crippen LogP contribution in [0.4, 0.5) is 0 Å². The number of para-hydroxylation sites is 1. The highest BCUT2D eigenvalue weighted by Gasteiger charge is 2.15. The van der Waals surface area contributed by atoms with Crippen LogP contribution in [-0.4, -0.2) is 0 Å². The number of benzene rings is 1. The van der Waals surface area contributed by atoms with Crippen molar-refractivity contribution in [3.8, 4) is 0 Å².